The number of ether oxygens (including phenoxy) is 1. The Labute approximate surface area is 148 Å². The average molecular weight is 361 g/mol. The molecule has 0 radical (unpaired) electrons. The fourth-order valence-corrected chi connectivity index (χ4v) is 2.47. The highest BCUT2D eigenvalue weighted by molar-refractivity contribution is 6.35. The third-order valence-corrected chi connectivity index (χ3v) is 3.75. The Bertz CT molecular complexity index is 602. The molecule has 0 saturated carbocycles. The second-order valence-electron chi connectivity index (χ2n) is 5.17. The van der Waals surface area contributed by atoms with Crippen LogP contribution in [0.1, 0.15) is 11.1 Å². The lowest BCUT2D eigenvalue weighted by molar-refractivity contribution is 0.260. The van der Waals surface area contributed by atoms with Crippen molar-refractivity contribution in [1.82, 2.24) is 4.90 Å². The topological polar surface area (TPSA) is 12.5 Å². The Morgan fingerprint density at radius 1 is 1.00 bits per heavy atom. The molecule has 0 bridgehead atoms. The summed E-state index contributed by atoms with van der Waals surface area (Å²) in [6, 6.07) is 13.6. The van der Waals surface area contributed by atoms with Gasteiger partial charge in [0.05, 0.1) is 0 Å². The number of para-hydroxylation sites is 1. The van der Waals surface area contributed by atoms with E-state index in [2.05, 4.69) is 11.0 Å². The Morgan fingerprint density at radius 2 is 1.73 bits per heavy atom. The number of hydrogen-bond acceptors (Lipinski definition) is 2. The molecule has 0 saturated heterocycles. The number of benzene rings is 2. The van der Waals surface area contributed by atoms with Crippen molar-refractivity contribution in [2.45, 2.75) is 6.42 Å². The largest absolute Gasteiger partial charge is 0.492 e. The molecule has 0 atom stereocenters. The Morgan fingerprint density at radius 3 is 2.41 bits per heavy atom. The van der Waals surface area contributed by atoms with Gasteiger partial charge in [0.15, 0.2) is 0 Å². The predicted octanol–water partition coefficient (Wildman–Crippen LogP) is 4.95. The molecule has 5 heteroatoms. The number of likely N-dealkylation sites (N-methyl/N-ethyl adjacent to an activating group) is 1. The van der Waals surface area contributed by atoms with Gasteiger partial charge in [0.2, 0.25) is 0 Å². The highest BCUT2D eigenvalue weighted by Gasteiger charge is 2.07. The Balaban J connectivity index is 0.00000242. The zero-order chi connectivity index (χ0) is 15.2. The second kappa shape index (κ2) is 9.26. The first kappa shape index (κ1) is 19.1. The number of rotatable bonds is 6. The summed E-state index contributed by atoms with van der Waals surface area (Å²) in [6.45, 7) is 1.55. The molecule has 22 heavy (non-hydrogen) atoms. The lowest BCUT2D eigenvalue weighted by atomic mass is 10.0. The number of halogens is 3. The maximum absolute atomic E-state index is 6.25. The molecule has 0 aliphatic carbocycles. The molecule has 0 amide bonds. The van der Waals surface area contributed by atoms with E-state index in [1.165, 1.54) is 0 Å². The summed E-state index contributed by atoms with van der Waals surface area (Å²) in [7, 11) is 4.06. The van der Waals surface area contributed by atoms with E-state index >= 15 is 0 Å². The molecular weight excluding hydrogens is 341 g/mol. The lowest BCUT2D eigenvalue weighted by Gasteiger charge is -2.14. The van der Waals surface area contributed by atoms with Crippen LogP contribution in [-0.4, -0.2) is 32.1 Å². The van der Waals surface area contributed by atoms with Crippen LogP contribution in [0.2, 0.25) is 10.0 Å². The smallest absolute Gasteiger partial charge is 0.122 e. The number of nitrogens with zero attached hydrogens (tertiary/aromatic N) is 1. The van der Waals surface area contributed by atoms with Crippen LogP contribution < -0.4 is 4.74 Å². The van der Waals surface area contributed by atoms with Crippen molar-refractivity contribution in [2.75, 3.05) is 27.2 Å². The van der Waals surface area contributed by atoms with E-state index in [1.54, 1.807) is 6.07 Å². The first-order valence-corrected chi connectivity index (χ1v) is 7.61. The van der Waals surface area contributed by atoms with E-state index in [1.807, 2.05) is 44.4 Å². The summed E-state index contributed by atoms with van der Waals surface area (Å²) >= 11 is 12.2. The van der Waals surface area contributed by atoms with Crippen LogP contribution in [0.4, 0.5) is 0 Å². The van der Waals surface area contributed by atoms with E-state index in [0.717, 1.165) is 29.8 Å². The molecule has 0 aliphatic rings. The van der Waals surface area contributed by atoms with Gasteiger partial charge in [0.25, 0.3) is 0 Å². The van der Waals surface area contributed by atoms with E-state index in [0.29, 0.717) is 16.7 Å². The second-order valence-corrected chi connectivity index (χ2v) is 6.02. The molecule has 0 heterocycles. The Hall–Kier alpha value is -0.930. The minimum absolute atomic E-state index is 0. The van der Waals surface area contributed by atoms with Gasteiger partial charge in [0.1, 0.15) is 12.4 Å². The van der Waals surface area contributed by atoms with Crippen molar-refractivity contribution in [1.29, 1.82) is 0 Å². The van der Waals surface area contributed by atoms with Gasteiger partial charge in [-0.1, -0.05) is 47.5 Å². The van der Waals surface area contributed by atoms with Crippen LogP contribution in [0, 0.1) is 0 Å². The first-order valence-electron chi connectivity index (χ1n) is 6.85. The molecule has 2 aromatic rings. The minimum Gasteiger partial charge on any atom is -0.492 e. The van der Waals surface area contributed by atoms with Crippen molar-refractivity contribution >= 4 is 35.6 Å². The maximum atomic E-state index is 6.25. The fourth-order valence-electron chi connectivity index (χ4n) is 2.00. The molecule has 0 spiro atoms. The summed E-state index contributed by atoms with van der Waals surface area (Å²) in [5, 5.41) is 1.34. The van der Waals surface area contributed by atoms with Gasteiger partial charge >= 0.3 is 0 Å². The van der Waals surface area contributed by atoms with Crippen molar-refractivity contribution in [2.24, 2.45) is 0 Å². The summed E-state index contributed by atoms with van der Waals surface area (Å²) in [6.07, 6.45) is 0.730. The summed E-state index contributed by atoms with van der Waals surface area (Å²) in [5.41, 5.74) is 2.17. The zero-order valence-corrected chi connectivity index (χ0v) is 15.0. The first-order chi connectivity index (χ1) is 10.1. The highest BCUT2D eigenvalue weighted by Crippen LogP contribution is 2.27. The van der Waals surface area contributed by atoms with Gasteiger partial charge < -0.3 is 9.64 Å². The minimum atomic E-state index is 0. The van der Waals surface area contributed by atoms with Crippen molar-refractivity contribution < 1.29 is 4.74 Å². The average Bonchev–Trinajstić information content (AvgIpc) is 2.43. The molecule has 0 fully saturated rings. The van der Waals surface area contributed by atoms with Gasteiger partial charge in [-0.15, -0.1) is 12.4 Å². The van der Waals surface area contributed by atoms with Crippen LogP contribution in [-0.2, 0) is 6.42 Å². The maximum Gasteiger partial charge on any atom is 0.122 e. The standard InChI is InChI=1S/C17H19Cl2NO.ClH/c1-20(2)9-10-21-17-6-4-3-5-14(17)11-13-7-8-15(18)12-16(13)19;/h3-8,12H,9-11H2,1-2H3;1H. The van der Waals surface area contributed by atoms with E-state index < -0.39 is 0 Å². The zero-order valence-electron chi connectivity index (χ0n) is 12.7. The lowest BCUT2D eigenvalue weighted by Crippen LogP contribution is -2.19. The molecule has 2 nitrogen and oxygen atoms in total. The quantitative estimate of drug-likeness (QED) is 0.723. The number of hydrogen-bond donors (Lipinski definition) is 0. The van der Waals surface area contributed by atoms with Gasteiger partial charge in [0, 0.05) is 23.0 Å². The van der Waals surface area contributed by atoms with Gasteiger partial charge in [-0.25, -0.2) is 0 Å². The van der Waals surface area contributed by atoms with Gasteiger partial charge in [-0.2, -0.15) is 0 Å². The molecule has 0 aliphatic heterocycles. The van der Waals surface area contributed by atoms with Crippen LogP contribution in [0.5, 0.6) is 5.75 Å². The molecule has 2 rings (SSSR count). The highest BCUT2D eigenvalue weighted by atomic mass is 35.5. The van der Waals surface area contributed by atoms with Crippen LogP contribution in [0.3, 0.4) is 0 Å². The van der Waals surface area contributed by atoms with Crippen molar-refractivity contribution in [3.8, 4) is 5.75 Å². The van der Waals surface area contributed by atoms with Crippen LogP contribution in [0.15, 0.2) is 42.5 Å². The molecular formula is C17H20Cl3NO. The van der Waals surface area contributed by atoms with Crippen LogP contribution in [0.25, 0.3) is 0 Å². The molecule has 120 valence electrons. The summed E-state index contributed by atoms with van der Waals surface area (Å²) < 4.78 is 5.87. The molecule has 0 unspecified atom stereocenters. The fraction of sp³-hybridized carbons (Fsp3) is 0.294. The molecule has 2 aromatic carbocycles. The predicted molar refractivity (Wildman–Crippen MR) is 97.0 cm³/mol. The van der Waals surface area contributed by atoms with Gasteiger partial charge in [-0.05, 0) is 43.4 Å². The molecule has 0 N–H and O–H groups in total. The third kappa shape index (κ3) is 5.69. The summed E-state index contributed by atoms with van der Waals surface area (Å²) in [4.78, 5) is 2.10. The normalized spacial score (nSPS) is 10.4. The Kier molecular flexibility index (Phi) is 8.05. The monoisotopic (exact) mass is 359 g/mol. The SMILES string of the molecule is CN(C)CCOc1ccccc1Cc1ccc(Cl)cc1Cl.Cl. The van der Waals surface area contributed by atoms with Crippen molar-refractivity contribution in [3.63, 3.8) is 0 Å². The van der Waals surface area contributed by atoms with Crippen LogP contribution >= 0.6 is 35.6 Å². The molecule has 0 aromatic heterocycles. The van der Waals surface area contributed by atoms with E-state index in [4.69, 9.17) is 27.9 Å². The van der Waals surface area contributed by atoms with E-state index in [-0.39, 0.29) is 12.4 Å². The summed E-state index contributed by atoms with van der Waals surface area (Å²) in [5.74, 6) is 0.908. The van der Waals surface area contributed by atoms with E-state index in [9.17, 15) is 0 Å². The van der Waals surface area contributed by atoms with Crippen molar-refractivity contribution in [3.05, 3.63) is 63.6 Å². The third-order valence-electron chi connectivity index (χ3n) is 3.16. The van der Waals surface area contributed by atoms with Gasteiger partial charge in [-0.3, -0.25) is 0 Å².